The summed E-state index contributed by atoms with van der Waals surface area (Å²) in [7, 11) is 0. The highest BCUT2D eigenvalue weighted by molar-refractivity contribution is 5.78. The van der Waals surface area contributed by atoms with Crippen LogP contribution in [0.5, 0.6) is 0 Å². The lowest BCUT2D eigenvalue weighted by Crippen LogP contribution is -2.52. The van der Waals surface area contributed by atoms with Gasteiger partial charge in [-0.15, -0.1) is 0 Å². The second-order valence-electron chi connectivity index (χ2n) is 5.33. The summed E-state index contributed by atoms with van der Waals surface area (Å²) in [4.78, 5) is 13.6. The van der Waals surface area contributed by atoms with Crippen molar-refractivity contribution in [2.24, 2.45) is 11.1 Å². The average molecular weight is 214 g/mol. The van der Waals surface area contributed by atoms with Gasteiger partial charge in [0.15, 0.2) is 0 Å². The molecule has 0 spiro atoms. The van der Waals surface area contributed by atoms with Crippen LogP contribution >= 0.6 is 0 Å². The van der Waals surface area contributed by atoms with E-state index in [1.54, 1.807) is 0 Å². The summed E-state index contributed by atoms with van der Waals surface area (Å²) >= 11 is 0. The molecule has 1 aliphatic rings. The van der Waals surface area contributed by atoms with E-state index < -0.39 is 0 Å². The minimum Gasteiger partial charge on any atom is -0.369 e. The number of ether oxygens (including phenoxy) is 1. The molecule has 1 aliphatic heterocycles. The number of morpholine rings is 1. The lowest BCUT2D eigenvalue weighted by Gasteiger charge is -2.39. The Morgan fingerprint density at radius 3 is 2.73 bits per heavy atom. The van der Waals surface area contributed by atoms with Gasteiger partial charge >= 0.3 is 0 Å². The van der Waals surface area contributed by atoms with Crippen LogP contribution in [-0.4, -0.2) is 43.2 Å². The number of nitrogens with two attached hydrogens (primary N) is 1. The molecule has 0 saturated carbocycles. The summed E-state index contributed by atoms with van der Waals surface area (Å²) in [6, 6.07) is 0.162. The standard InChI is InChI=1S/C11H22N2O2/c1-11(2,3)8-13-9(4-5-12)6-15-7-10(13)14/h9H,4-8,12H2,1-3H3. The Kier molecular flexibility index (Phi) is 4.11. The van der Waals surface area contributed by atoms with Crippen molar-refractivity contribution in [1.82, 2.24) is 4.90 Å². The molecular weight excluding hydrogens is 192 g/mol. The number of carbonyl (C=O) groups is 1. The van der Waals surface area contributed by atoms with Crippen molar-refractivity contribution in [2.75, 3.05) is 26.3 Å². The van der Waals surface area contributed by atoms with Crippen LogP contribution in [0.4, 0.5) is 0 Å². The van der Waals surface area contributed by atoms with Gasteiger partial charge in [0, 0.05) is 6.54 Å². The van der Waals surface area contributed by atoms with Crippen LogP contribution in [0.25, 0.3) is 0 Å². The predicted molar refractivity (Wildman–Crippen MR) is 59.4 cm³/mol. The Labute approximate surface area is 91.8 Å². The monoisotopic (exact) mass is 214 g/mol. The molecule has 4 heteroatoms. The molecule has 0 aromatic rings. The topological polar surface area (TPSA) is 55.6 Å². The molecule has 0 radical (unpaired) electrons. The van der Waals surface area contributed by atoms with Crippen molar-refractivity contribution in [3.05, 3.63) is 0 Å². The van der Waals surface area contributed by atoms with Crippen molar-refractivity contribution in [1.29, 1.82) is 0 Å². The molecular formula is C11H22N2O2. The molecule has 0 bridgehead atoms. The first-order valence-corrected chi connectivity index (χ1v) is 5.51. The van der Waals surface area contributed by atoms with E-state index in [1.807, 2.05) is 4.90 Å². The minimum atomic E-state index is 0.0922. The molecule has 1 fully saturated rings. The van der Waals surface area contributed by atoms with E-state index in [1.165, 1.54) is 0 Å². The van der Waals surface area contributed by atoms with Gasteiger partial charge in [-0.05, 0) is 18.4 Å². The highest BCUT2D eigenvalue weighted by Crippen LogP contribution is 2.20. The van der Waals surface area contributed by atoms with Gasteiger partial charge in [-0.25, -0.2) is 0 Å². The van der Waals surface area contributed by atoms with Crippen LogP contribution in [0.15, 0.2) is 0 Å². The SMILES string of the molecule is CC(C)(C)CN1C(=O)COCC1CCN. The average Bonchev–Trinajstić information content (AvgIpc) is 2.10. The van der Waals surface area contributed by atoms with E-state index in [-0.39, 0.29) is 24.0 Å². The number of rotatable bonds is 3. The number of hydrogen-bond donors (Lipinski definition) is 1. The van der Waals surface area contributed by atoms with E-state index in [9.17, 15) is 4.79 Å². The van der Waals surface area contributed by atoms with E-state index in [0.717, 1.165) is 13.0 Å². The molecule has 1 rings (SSSR count). The smallest absolute Gasteiger partial charge is 0.248 e. The fourth-order valence-corrected chi connectivity index (χ4v) is 1.82. The third-order valence-corrected chi connectivity index (χ3v) is 2.44. The van der Waals surface area contributed by atoms with Gasteiger partial charge in [0.2, 0.25) is 5.91 Å². The minimum absolute atomic E-state index is 0.0922. The second kappa shape index (κ2) is 4.94. The number of amides is 1. The van der Waals surface area contributed by atoms with E-state index in [0.29, 0.717) is 13.2 Å². The van der Waals surface area contributed by atoms with Gasteiger partial charge in [0.25, 0.3) is 0 Å². The lowest BCUT2D eigenvalue weighted by atomic mass is 9.94. The van der Waals surface area contributed by atoms with Gasteiger partial charge in [0.05, 0.1) is 12.6 Å². The summed E-state index contributed by atoms with van der Waals surface area (Å²) in [5.41, 5.74) is 5.66. The molecule has 2 N–H and O–H groups in total. The number of carbonyl (C=O) groups excluding carboxylic acids is 1. The van der Waals surface area contributed by atoms with Crippen molar-refractivity contribution in [3.8, 4) is 0 Å². The Hall–Kier alpha value is -0.610. The Morgan fingerprint density at radius 1 is 1.53 bits per heavy atom. The summed E-state index contributed by atoms with van der Waals surface area (Å²) in [6.45, 7) is 8.62. The van der Waals surface area contributed by atoms with Gasteiger partial charge in [-0.2, -0.15) is 0 Å². The first-order chi connectivity index (χ1) is 6.94. The maximum atomic E-state index is 11.7. The van der Waals surface area contributed by atoms with Crippen LogP contribution in [0, 0.1) is 5.41 Å². The van der Waals surface area contributed by atoms with Gasteiger partial charge in [-0.3, -0.25) is 4.79 Å². The van der Waals surface area contributed by atoms with Crippen LogP contribution in [0.3, 0.4) is 0 Å². The molecule has 1 amide bonds. The van der Waals surface area contributed by atoms with Crippen molar-refractivity contribution < 1.29 is 9.53 Å². The zero-order chi connectivity index (χ0) is 11.5. The van der Waals surface area contributed by atoms with Gasteiger partial charge in [0.1, 0.15) is 6.61 Å². The van der Waals surface area contributed by atoms with Crippen molar-refractivity contribution in [2.45, 2.75) is 33.2 Å². The number of hydrogen-bond acceptors (Lipinski definition) is 3. The molecule has 1 atom stereocenters. The zero-order valence-corrected chi connectivity index (χ0v) is 9.95. The lowest BCUT2D eigenvalue weighted by molar-refractivity contribution is -0.150. The predicted octanol–water partition coefficient (Wildman–Crippen LogP) is 0.609. The summed E-state index contributed by atoms with van der Waals surface area (Å²) in [6.07, 6.45) is 0.821. The van der Waals surface area contributed by atoms with Gasteiger partial charge in [-0.1, -0.05) is 20.8 Å². The van der Waals surface area contributed by atoms with Crippen molar-refractivity contribution >= 4 is 5.91 Å². The normalized spacial score (nSPS) is 23.3. The van der Waals surface area contributed by atoms with E-state index in [2.05, 4.69) is 20.8 Å². The Balaban J connectivity index is 2.64. The number of nitrogens with zero attached hydrogens (tertiary/aromatic N) is 1. The highest BCUT2D eigenvalue weighted by atomic mass is 16.5. The maximum absolute atomic E-state index is 11.7. The second-order valence-corrected chi connectivity index (χ2v) is 5.33. The molecule has 0 aliphatic carbocycles. The van der Waals surface area contributed by atoms with Crippen LogP contribution < -0.4 is 5.73 Å². The van der Waals surface area contributed by atoms with Crippen molar-refractivity contribution in [3.63, 3.8) is 0 Å². The van der Waals surface area contributed by atoms with Crippen LogP contribution in [-0.2, 0) is 9.53 Å². The quantitative estimate of drug-likeness (QED) is 0.749. The molecule has 4 nitrogen and oxygen atoms in total. The molecule has 1 heterocycles. The summed E-state index contributed by atoms with van der Waals surface area (Å²) in [5, 5.41) is 0. The fraction of sp³-hybridized carbons (Fsp3) is 0.909. The molecule has 1 saturated heterocycles. The summed E-state index contributed by atoms with van der Waals surface area (Å²) in [5.74, 6) is 0.0922. The van der Waals surface area contributed by atoms with E-state index >= 15 is 0 Å². The van der Waals surface area contributed by atoms with Crippen LogP contribution in [0.2, 0.25) is 0 Å². The first-order valence-electron chi connectivity index (χ1n) is 5.51. The molecule has 1 unspecified atom stereocenters. The van der Waals surface area contributed by atoms with Crippen LogP contribution in [0.1, 0.15) is 27.2 Å². The molecule has 0 aromatic carbocycles. The third-order valence-electron chi connectivity index (χ3n) is 2.44. The molecule has 15 heavy (non-hydrogen) atoms. The Morgan fingerprint density at radius 2 is 2.20 bits per heavy atom. The summed E-state index contributed by atoms with van der Waals surface area (Å²) < 4.78 is 5.24. The largest absolute Gasteiger partial charge is 0.369 e. The fourth-order valence-electron chi connectivity index (χ4n) is 1.82. The van der Waals surface area contributed by atoms with Gasteiger partial charge < -0.3 is 15.4 Å². The molecule has 0 aromatic heterocycles. The Bertz CT molecular complexity index is 221. The van der Waals surface area contributed by atoms with E-state index in [4.69, 9.17) is 10.5 Å². The zero-order valence-electron chi connectivity index (χ0n) is 9.95. The first kappa shape index (κ1) is 12.5. The molecule has 88 valence electrons. The highest BCUT2D eigenvalue weighted by Gasteiger charge is 2.30. The maximum Gasteiger partial charge on any atom is 0.248 e. The third kappa shape index (κ3) is 3.80.